The number of amidine groups is 1. The van der Waals surface area contributed by atoms with Crippen molar-refractivity contribution in [2.45, 2.75) is 30.9 Å². The summed E-state index contributed by atoms with van der Waals surface area (Å²) < 4.78 is 0. The van der Waals surface area contributed by atoms with E-state index in [1.54, 1.807) is 0 Å². The van der Waals surface area contributed by atoms with Crippen LogP contribution in [0.3, 0.4) is 0 Å². The molecule has 0 spiro atoms. The highest BCUT2D eigenvalue weighted by molar-refractivity contribution is 8.15. The maximum Gasteiger partial charge on any atom is 0.262 e. The van der Waals surface area contributed by atoms with E-state index in [4.69, 9.17) is 0 Å². The quantitative estimate of drug-likeness (QED) is 0.899. The molecule has 2 aromatic carbocycles. The van der Waals surface area contributed by atoms with Crippen LogP contribution in [0.4, 0.5) is 5.69 Å². The molecule has 1 N–H and O–H groups in total. The summed E-state index contributed by atoms with van der Waals surface area (Å²) in [5.74, 6) is -0.342. The van der Waals surface area contributed by atoms with E-state index in [0.29, 0.717) is 0 Å². The largest absolute Gasteiger partial charge is 0.351 e. The van der Waals surface area contributed by atoms with E-state index >= 15 is 0 Å². The number of nitrogens with one attached hydrogen (secondary N) is 1. The molecule has 0 saturated carbocycles. The standard InChI is InChI=1S/C20H21N3O2S/c24-18(21-16-9-8-14-6-2-3-7-15(14)12-16)13-17-19(25)22-20(26-17)23-10-4-1-5-11-23/h2-3,6-9,12,17H,1,4-5,10-11,13H2,(H,21,24). The SMILES string of the molecule is O=C(CC1SC(N2CCCCC2)=NC1=O)Nc1ccc2ccccc2c1. The number of fused-ring (bicyclic) bond motifs is 1. The molecule has 0 aliphatic carbocycles. The second-order valence-corrected chi connectivity index (χ2v) is 7.87. The van der Waals surface area contributed by atoms with Gasteiger partial charge in [-0.3, -0.25) is 9.59 Å². The molecule has 134 valence electrons. The van der Waals surface area contributed by atoms with Gasteiger partial charge in [0.15, 0.2) is 5.17 Å². The Bertz CT molecular complexity index is 874. The number of nitrogens with zero attached hydrogens (tertiary/aromatic N) is 2. The lowest BCUT2D eigenvalue weighted by Crippen LogP contribution is -2.33. The Hall–Kier alpha value is -2.34. The highest BCUT2D eigenvalue weighted by Crippen LogP contribution is 2.29. The van der Waals surface area contributed by atoms with Crippen molar-refractivity contribution in [2.75, 3.05) is 18.4 Å². The van der Waals surface area contributed by atoms with E-state index < -0.39 is 5.25 Å². The topological polar surface area (TPSA) is 61.8 Å². The van der Waals surface area contributed by atoms with Crippen LogP contribution in [0.5, 0.6) is 0 Å². The van der Waals surface area contributed by atoms with Gasteiger partial charge in [-0.15, -0.1) is 0 Å². The fourth-order valence-corrected chi connectivity index (χ4v) is 4.49. The molecule has 1 saturated heterocycles. The smallest absolute Gasteiger partial charge is 0.262 e. The molecular formula is C20H21N3O2S. The molecule has 0 bridgehead atoms. The molecule has 5 nitrogen and oxygen atoms in total. The highest BCUT2D eigenvalue weighted by atomic mass is 32.2. The number of anilines is 1. The molecule has 0 aromatic heterocycles. The third-order valence-corrected chi connectivity index (χ3v) is 5.97. The zero-order chi connectivity index (χ0) is 17.9. The second kappa shape index (κ2) is 7.50. The number of thioether (sulfide) groups is 1. The van der Waals surface area contributed by atoms with E-state index in [-0.39, 0.29) is 18.2 Å². The Kier molecular flexibility index (Phi) is 4.93. The number of aliphatic imine (C=N–C) groups is 1. The molecule has 2 aromatic rings. The Morgan fingerprint density at radius 3 is 2.69 bits per heavy atom. The van der Waals surface area contributed by atoms with Crippen molar-refractivity contribution in [1.29, 1.82) is 0 Å². The van der Waals surface area contributed by atoms with E-state index in [0.717, 1.165) is 47.6 Å². The molecule has 2 heterocycles. The summed E-state index contributed by atoms with van der Waals surface area (Å²) in [4.78, 5) is 30.9. The fourth-order valence-electron chi connectivity index (χ4n) is 3.38. The van der Waals surface area contributed by atoms with Crippen molar-refractivity contribution in [3.8, 4) is 0 Å². The van der Waals surface area contributed by atoms with Crippen molar-refractivity contribution >= 4 is 45.2 Å². The molecule has 6 heteroatoms. The third-order valence-electron chi connectivity index (χ3n) is 4.76. The number of carbonyl (C=O) groups excluding carboxylic acids is 2. The first kappa shape index (κ1) is 17.1. The van der Waals surface area contributed by atoms with Crippen LogP contribution in [0.25, 0.3) is 10.8 Å². The summed E-state index contributed by atoms with van der Waals surface area (Å²) in [6.45, 7) is 1.91. The van der Waals surface area contributed by atoms with Crippen molar-refractivity contribution < 1.29 is 9.59 Å². The molecule has 1 unspecified atom stereocenters. The lowest BCUT2D eigenvalue weighted by atomic mass is 10.1. The molecule has 1 atom stereocenters. The van der Waals surface area contributed by atoms with Crippen LogP contribution in [-0.4, -0.2) is 40.2 Å². The number of likely N-dealkylation sites (tertiary alicyclic amines) is 1. The van der Waals surface area contributed by atoms with Crippen LogP contribution in [0, 0.1) is 0 Å². The second-order valence-electron chi connectivity index (χ2n) is 6.70. The van der Waals surface area contributed by atoms with Gasteiger partial charge in [-0.25, -0.2) is 0 Å². The summed E-state index contributed by atoms with van der Waals surface area (Å²) >= 11 is 1.43. The minimum atomic E-state index is -0.410. The lowest BCUT2D eigenvalue weighted by molar-refractivity contribution is -0.121. The Labute approximate surface area is 156 Å². The van der Waals surface area contributed by atoms with E-state index in [1.807, 2.05) is 42.5 Å². The molecule has 4 rings (SSSR count). The highest BCUT2D eigenvalue weighted by Gasteiger charge is 2.33. The molecule has 1 fully saturated rings. The van der Waals surface area contributed by atoms with Gasteiger partial charge < -0.3 is 10.2 Å². The predicted octanol–water partition coefficient (Wildman–Crippen LogP) is 3.65. The molecule has 0 radical (unpaired) electrons. The Morgan fingerprint density at radius 1 is 1.12 bits per heavy atom. The molecule has 2 aliphatic heterocycles. The summed E-state index contributed by atoms with van der Waals surface area (Å²) in [7, 11) is 0. The van der Waals surface area contributed by atoms with Crippen LogP contribution in [-0.2, 0) is 9.59 Å². The predicted molar refractivity (Wildman–Crippen MR) is 106 cm³/mol. The summed E-state index contributed by atoms with van der Waals surface area (Å²) in [6, 6.07) is 13.8. The molecule has 2 aliphatic rings. The first-order valence-corrected chi connectivity index (χ1v) is 9.90. The van der Waals surface area contributed by atoms with Gasteiger partial charge in [0.25, 0.3) is 5.91 Å². The Balaban J connectivity index is 1.36. The van der Waals surface area contributed by atoms with Crippen LogP contribution in [0.2, 0.25) is 0 Å². The summed E-state index contributed by atoms with van der Waals surface area (Å²) in [6.07, 6.45) is 3.67. The van der Waals surface area contributed by atoms with E-state index in [2.05, 4.69) is 15.2 Å². The minimum absolute atomic E-state index is 0.150. The average molecular weight is 367 g/mol. The van der Waals surface area contributed by atoms with Gasteiger partial charge in [0.2, 0.25) is 5.91 Å². The number of hydrogen-bond acceptors (Lipinski definition) is 4. The summed E-state index contributed by atoms with van der Waals surface area (Å²) in [5, 5.41) is 5.49. The zero-order valence-corrected chi connectivity index (χ0v) is 15.3. The number of benzene rings is 2. The third kappa shape index (κ3) is 3.75. The van der Waals surface area contributed by atoms with Crippen molar-refractivity contribution in [2.24, 2.45) is 4.99 Å². The number of carbonyl (C=O) groups is 2. The van der Waals surface area contributed by atoms with Crippen molar-refractivity contribution in [1.82, 2.24) is 4.90 Å². The van der Waals surface area contributed by atoms with E-state index in [9.17, 15) is 9.59 Å². The van der Waals surface area contributed by atoms with Gasteiger partial charge in [0.05, 0.1) is 0 Å². The van der Waals surface area contributed by atoms with E-state index in [1.165, 1.54) is 18.2 Å². The molecule has 26 heavy (non-hydrogen) atoms. The van der Waals surface area contributed by atoms with Gasteiger partial charge >= 0.3 is 0 Å². The normalized spacial score (nSPS) is 20.3. The number of rotatable bonds is 3. The maximum atomic E-state index is 12.4. The van der Waals surface area contributed by atoms with Crippen molar-refractivity contribution in [3.05, 3.63) is 42.5 Å². The van der Waals surface area contributed by atoms with Crippen LogP contribution >= 0.6 is 11.8 Å². The number of hydrogen-bond donors (Lipinski definition) is 1. The monoisotopic (exact) mass is 367 g/mol. The lowest BCUT2D eigenvalue weighted by Gasteiger charge is -2.27. The van der Waals surface area contributed by atoms with Crippen LogP contribution in [0.15, 0.2) is 47.5 Å². The molecule has 2 amide bonds. The maximum absolute atomic E-state index is 12.4. The van der Waals surface area contributed by atoms with Gasteiger partial charge in [-0.1, -0.05) is 42.1 Å². The average Bonchev–Trinajstić information content (AvgIpc) is 3.03. The van der Waals surface area contributed by atoms with Gasteiger partial charge in [0.1, 0.15) is 5.25 Å². The molecular weight excluding hydrogens is 346 g/mol. The number of piperidine rings is 1. The first-order valence-electron chi connectivity index (χ1n) is 9.02. The van der Waals surface area contributed by atoms with Crippen LogP contribution in [0.1, 0.15) is 25.7 Å². The van der Waals surface area contributed by atoms with Gasteiger partial charge in [0, 0.05) is 25.2 Å². The Morgan fingerprint density at radius 2 is 1.88 bits per heavy atom. The van der Waals surface area contributed by atoms with Gasteiger partial charge in [-0.05, 0) is 42.2 Å². The first-order chi connectivity index (χ1) is 12.7. The van der Waals surface area contributed by atoms with Crippen LogP contribution < -0.4 is 5.32 Å². The minimum Gasteiger partial charge on any atom is -0.351 e. The summed E-state index contributed by atoms with van der Waals surface area (Å²) in [5.41, 5.74) is 0.751. The fraction of sp³-hybridized carbons (Fsp3) is 0.350. The number of amides is 2. The van der Waals surface area contributed by atoms with Crippen molar-refractivity contribution in [3.63, 3.8) is 0 Å². The zero-order valence-electron chi connectivity index (χ0n) is 14.5. The van der Waals surface area contributed by atoms with Gasteiger partial charge in [-0.2, -0.15) is 4.99 Å².